The van der Waals surface area contributed by atoms with Crippen LogP contribution in [0, 0.1) is 0 Å². The molecule has 0 saturated heterocycles. The molecular formula is C10H15NO2S. The zero-order valence-electron chi connectivity index (χ0n) is 8.36. The summed E-state index contributed by atoms with van der Waals surface area (Å²) in [6, 6.07) is 4.28. The lowest BCUT2D eigenvalue weighted by molar-refractivity contribution is -0.137. The number of nitrogens with one attached hydrogen (secondary N) is 1. The molecule has 0 radical (unpaired) electrons. The van der Waals surface area contributed by atoms with Crippen LogP contribution in [0.3, 0.4) is 0 Å². The van der Waals surface area contributed by atoms with Crippen molar-refractivity contribution in [1.29, 1.82) is 0 Å². The molecule has 78 valence electrons. The minimum absolute atomic E-state index is 0.00426. The van der Waals surface area contributed by atoms with E-state index in [9.17, 15) is 4.79 Å². The van der Waals surface area contributed by atoms with E-state index in [0.717, 1.165) is 0 Å². The molecule has 0 saturated carbocycles. The number of carboxylic acid groups (broad SMARTS) is 1. The van der Waals surface area contributed by atoms with Crippen LogP contribution >= 0.6 is 11.3 Å². The lowest BCUT2D eigenvalue weighted by Crippen LogP contribution is -2.30. The van der Waals surface area contributed by atoms with Gasteiger partial charge in [0.05, 0.1) is 6.42 Å². The van der Waals surface area contributed by atoms with Crippen molar-refractivity contribution < 1.29 is 9.90 Å². The first-order chi connectivity index (χ1) is 6.59. The van der Waals surface area contributed by atoms with Crippen molar-refractivity contribution in [3.05, 3.63) is 22.4 Å². The van der Waals surface area contributed by atoms with E-state index in [-0.39, 0.29) is 18.5 Å². The summed E-state index contributed by atoms with van der Waals surface area (Å²) >= 11 is 1.68. The topological polar surface area (TPSA) is 49.3 Å². The Kier molecular flexibility index (Phi) is 4.10. The maximum Gasteiger partial charge on any atom is 0.304 e. The van der Waals surface area contributed by atoms with E-state index in [1.165, 1.54) is 4.88 Å². The molecule has 1 rings (SSSR count). The number of aliphatic carboxylic acids is 1. The van der Waals surface area contributed by atoms with Gasteiger partial charge in [-0.2, -0.15) is 0 Å². The van der Waals surface area contributed by atoms with Crippen LogP contribution < -0.4 is 5.32 Å². The average molecular weight is 213 g/mol. The van der Waals surface area contributed by atoms with E-state index in [1.807, 2.05) is 25.3 Å². The highest BCUT2D eigenvalue weighted by molar-refractivity contribution is 7.10. The van der Waals surface area contributed by atoms with Gasteiger partial charge in [-0.15, -0.1) is 11.3 Å². The zero-order valence-corrected chi connectivity index (χ0v) is 9.17. The Bertz CT molecular complexity index is 284. The second-order valence-electron chi connectivity index (χ2n) is 3.40. The highest BCUT2D eigenvalue weighted by Gasteiger charge is 2.12. The fourth-order valence-electron chi connectivity index (χ4n) is 1.37. The smallest absolute Gasteiger partial charge is 0.304 e. The van der Waals surface area contributed by atoms with Gasteiger partial charge in [0.1, 0.15) is 0 Å². The zero-order chi connectivity index (χ0) is 10.6. The summed E-state index contributed by atoms with van der Waals surface area (Å²) in [4.78, 5) is 11.7. The number of hydrogen-bond acceptors (Lipinski definition) is 3. The lowest BCUT2D eigenvalue weighted by atomic mass is 10.2. The van der Waals surface area contributed by atoms with Crippen molar-refractivity contribution in [1.82, 2.24) is 5.32 Å². The highest BCUT2D eigenvalue weighted by Crippen LogP contribution is 2.18. The van der Waals surface area contributed by atoms with Crippen LogP contribution in [0.2, 0.25) is 0 Å². The van der Waals surface area contributed by atoms with Crippen molar-refractivity contribution in [3.63, 3.8) is 0 Å². The van der Waals surface area contributed by atoms with Crippen LogP contribution in [0.4, 0.5) is 0 Å². The van der Waals surface area contributed by atoms with Crippen molar-refractivity contribution in [3.8, 4) is 0 Å². The largest absolute Gasteiger partial charge is 0.481 e. The Labute approximate surface area is 87.8 Å². The van der Waals surface area contributed by atoms with Gasteiger partial charge >= 0.3 is 5.97 Å². The van der Waals surface area contributed by atoms with Gasteiger partial charge in [0.15, 0.2) is 0 Å². The van der Waals surface area contributed by atoms with E-state index in [2.05, 4.69) is 11.4 Å². The van der Waals surface area contributed by atoms with E-state index < -0.39 is 5.97 Å². The van der Waals surface area contributed by atoms with Crippen LogP contribution in [0.5, 0.6) is 0 Å². The summed E-state index contributed by atoms with van der Waals surface area (Å²) in [5.74, 6) is -0.761. The standard InChI is InChI=1S/C10H15NO2S/c1-7(6-10(12)13)11-8(2)9-4-3-5-14-9/h3-5,7-8,11H,6H2,1-2H3,(H,12,13)/t7?,8-/m1/s1. The molecule has 0 aliphatic carbocycles. The minimum atomic E-state index is -0.761. The van der Waals surface area contributed by atoms with Gasteiger partial charge in [-0.1, -0.05) is 6.07 Å². The first kappa shape index (κ1) is 11.2. The van der Waals surface area contributed by atoms with Crippen LogP contribution in [0.15, 0.2) is 17.5 Å². The Morgan fingerprint density at radius 3 is 2.86 bits per heavy atom. The van der Waals surface area contributed by atoms with E-state index in [0.29, 0.717) is 0 Å². The number of rotatable bonds is 5. The second-order valence-corrected chi connectivity index (χ2v) is 4.38. The molecule has 2 atom stereocenters. The van der Waals surface area contributed by atoms with Crippen molar-refractivity contribution >= 4 is 17.3 Å². The summed E-state index contributed by atoms with van der Waals surface area (Å²) < 4.78 is 0. The first-order valence-electron chi connectivity index (χ1n) is 4.61. The van der Waals surface area contributed by atoms with Crippen molar-refractivity contribution in [2.24, 2.45) is 0 Å². The Morgan fingerprint density at radius 1 is 1.64 bits per heavy atom. The molecule has 0 bridgehead atoms. The minimum Gasteiger partial charge on any atom is -0.481 e. The van der Waals surface area contributed by atoms with Gasteiger partial charge in [-0.3, -0.25) is 4.79 Å². The summed E-state index contributed by atoms with van der Waals surface area (Å²) in [5.41, 5.74) is 0. The van der Waals surface area contributed by atoms with Gasteiger partial charge in [-0.05, 0) is 25.3 Å². The molecule has 0 amide bonds. The molecule has 1 heterocycles. The fourth-order valence-corrected chi connectivity index (χ4v) is 2.11. The predicted octanol–water partition coefficient (Wildman–Crippen LogP) is 2.26. The van der Waals surface area contributed by atoms with Crippen molar-refractivity contribution in [2.45, 2.75) is 32.4 Å². The molecule has 1 aromatic rings. The van der Waals surface area contributed by atoms with E-state index in [1.54, 1.807) is 11.3 Å². The van der Waals surface area contributed by atoms with Crippen LogP contribution in [-0.2, 0) is 4.79 Å². The SMILES string of the molecule is CC(CC(=O)O)N[C@H](C)c1cccs1. The van der Waals surface area contributed by atoms with Crippen molar-refractivity contribution in [2.75, 3.05) is 0 Å². The average Bonchev–Trinajstić information content (AvgIpc) is 2.53. The number of hydrogen-bond donors (Lipinski definition) is 2. The normalized spacial score (nSPS) is 15.0. The van der Waals surface area contributed by atoms with Gasteiger partial charge in [0.2, 0.25) is 0 Å². The summed E-state index contributed by atoms with van der Waals surface area (Å²) in [7, 11) is 0. The molecule has 4 heteroatoms. The highest BCUT2D eigenvalue weighted by atomic mass is 32.1. The van der Waals surface area contributed by atoms with E-state index in [4.69, 9.17) is 5.11 Å². The molecule has 0 aliphatic rings. The molecule has 3 nitrogen and oxygen atoms in total. The third-order valence-electron chi connectivity index (χ3n) is 1.99. The lowest BCUT2D eigenvalue weighted by Gasteiger charge is -2.17. The molecule has 0 fully saturated rings. The predicted molar refractivity (Wildman–Crippen MR) is 57.6 cm³/mol. The summed E-state index contributed by atoms with van der Waals surface area (Å²) in [6.45, 7) is 3.93. The van der Waals surface area contributed by atoms with Crippen LogP contribution in [0.1, 0.15) is 31.2 Å². The molecule has 0 aliphatic heterocycles. The molecule has 14 heavy (non-hydrogen) atoms. The monoisotopic (exact) mass is 213 g/mol. The Hall–Kier alpha value is -0.870. The number of carbonyl (C=O) groups is 1. The van der Waals surface area contributed by atoms with E-state index >= 15 is 0 Å². The molecule has 2 N–H and O–H groups in total. The Morgan fingerprint density at radius 2 is 2.36 bits per heavy atom. The van der Waals surface area contributed by atoms with Gasteiger partial charge in [-0.25, -0.2) is 0 Å². The van der Waals surface area contributed by atoms with Gasteiger partial charge in [0, 0.05) is 17.0 Å². The van der Waals surface area contributed by atoms with Crippen LogP contribution in [-0.4, -0.2) is 17.1 Å². The summed E-state index contributed by atoms with van der Waals surface area (Å²) in [6.07, 6.45) is 0.162. The summed E-state index contributed by atoms with van der Waals surface area (Å²) in [5, 5.41) is 13.9. The molecule has 0 spiro atoms. The maximum absolute atomic E-state index is 10.4. The Balaban J connectivity index is 2.41. The maximum atomic E-state index is 10.4. The number of thiophene rings is 1. The third kappa shape index (κ3) is 3.47. The van der Waals surface area contributed by atoms with Gasteiger partial charge in [0.25, 0.3) is 0 Å². The first-order valence-corrected chi connectivity index (χ1v) is 5.49. The third-order valence-corrected chi connectivity index (χ3v) is 3.04. The second kappa shape index (κ2) is 5.12. The molecule has 1 aromatic heterocycles. The van der Waals surface area contributed by atoms with Gasteiger partial charge < -0.3 is 10.4 Å². The number of carboxylic acids is 1. The van der Waals surface area contributed by atoms with Crippen LogP contribution in [0.25, 0.3) is 0 Å². The molecule has 0 aromatic carbocycles. The molecule has 1 unspecified atom stereocenters. The molecular weight excluding hydrogens is 198 g/mol. The fraction of sp³-hybridized carbons (Fsp3) is 0.500. The quantitative estimate of drug-likeness (QED) is 0.788.